The zero-order valence-corrected chi connectivity index (χ0v) is 37.0. The molecule has 2 aromatic carbocycles. The number of carbonyl (C=O) groups is 3. The largest absolute Gasteiger partial charge is 0.444 e. The molecule has 3 N–H and O–H groups in total. The average molecular weight is 848 g/mol. The van der Waals surface area contributed by atoms with Gasteiger partial charge in [-0.05, 0) is 118 Å². The highest BCUT2D eigenvalue weighted by Crippen LogP contribution is 2.46. The van der Waals surface area contributed by atoms with Gasteiger partial charge in [0, 0.05) is 65.5 Å². The molecule has 3 aliphatic rings. The normalized spacial score (nSPS) is 18.2. The molecule has 2 fully saturated rings. The van der Waals surface area contributed by atoms with Gasteiger partial charge in [0.1, 0.15) is 24.0 Å². The molecule has 2 aliphatic heterocycles. The molecule has 330 valence electrons. The summed E-state index contributed by atoms with van der Waals surface area (Å²) in [5.41, 5.74) is 6.15. The van der Waals surface area contributed by atoms with Gasteiger partial charge in [0.05, 0.1) is 23.7 Å². The number of hydrogen-bond donors (Lipinski definition) is 3. The Hall–Kier alpha value is -5.75. The van der Waals surface area contributed by atoms with Crippen molar-refractivity contribution >= 4 is 40.3 Å². The van der Waals surface area contributed by atoms with E-state index in [-0.39, 0.29) is 36.6 Å². The number of fused-ring (bicyclic) bond motifs is 4. The number of amides is 2. The summed E-state index contributed by atoms with van der Waals surface area (Å²) in [5.74, 6) is 0.168. The molecule has 2 atom stereocenters. The fraction of sp³-hybridized carbons (Fsp3) is 0.553. The number of carbonyl (C=O) groups excluding carboxylic acids is 3. The highest BCUT2D eigenvalue weighted by Gasteiger charge is 2.41. The molecular weight excluding hydrogens is 787 g/mol. The summed E-state index contributed by atoms with van der Waals surface area (Å²) in [7, 11) is 0. The number of likely N-dealkylation sites (tertiary alicyclic amines) is 1. The van der Waals surface area contributed by atoms with Crippen LogP contribution in [0.2, 0.25) is 0 Å². The molecule has 4 aromatic rings. The lowest BCUT2D eigenvalue weighted by atomic mass is 9.70. The number of nitrogens with zero attached hydrogens (tertiary/aromatic N) is 6. The second kappa shape index (κ2) is 18.3. The van der Waals surface area contributed by atoms with Gasteiger partial charge in [-0.2, -0.15) is 5.26 Å². The van der Waals surface area contributed by atoms with Crippen LogP contribution in [0, 0.1) is 27.4 Å². The summed E-state index contributed by atoms with van der Waals surface area (Å²) in [6.07, 6.45) is 10.3. The van der Waals surface area contributed by atoms with E-state index in [4.69, 9.17) is 4.74 Å². The zero-order valence-electron chi connectivity index (χ0n) is 37.0. The third-order valence-electron chi connectivity index (χ3n) is 13.0. The Morgan fingerprint density at radius 1 is 1.10 bits per heavy atom. The smallest absolute Gasteiger partial charge is 0.434 e. The molecule has 2 aromatic heterocycles. The third kappa shape index (κ3) is 9.65. The quantitative estimate of drug-likeness (QED) is 0.0612. The van der Waals surface area contributed by atoms with Crippen molar-refractivity contribution in [3.8, 4) is 6.07 Å². The summed E-state index contributed by atoms with van der Waals surface area (Å²) in [5, 5.41) is 27.5. The summed E-state index contributed by atoms with van der Waals surface area (Å²) in [4.78, 5) is 63.3. The number of ketones is 1. The van der Waals surface area contributed by atoms with Gasteiger partial charge in [0.2, 0.25) is 5.91 Å². The van der Waals surface area contributed by atoms with E-state index >= 15 is 0 Å². The van der Waals surface area contributed by atoms with Gasteiger partial charge >= 0.3 is 12.0 Å². The first kappa shape index (κ1) is 44.3. The second-order valence-electron chi connectivity index (χ2n) is 18.8. The molecule has 7 rings (SSSR count). The molecule has 4 heterocycles. The maximum absolute atomic E-state index is 14.1. The average Bonchev–Trinajstić information content (AvgIpc) is 3.99. The monoisotopic (exact) mass is 847 g/mol. The van der Waals surface area contributed by atoms with Crippen molar-refractivity contribution < 1.29 is 24.0 Å². The number of alkyl carbamates (subject to hydrolysis) is 1. The third-order valence-corrected chi connectivity index (χ3v) is 13.0. The first-order chi connectivity index (χ1) is 29.6. The van der Waals surface area contributed by atoms with E-state index in [0.717, 1.165) is 105 Å². The highest BCUT2D eigenvalue weighted by molar-refractivity contribution is 6.20. The van der Waals surface area contributed by atoms with Crippen LogP contribution < -0.4 is 15.5 Å². The van der Waals surface area contributed by atoms with E-state index in [9.17, 15) is 29.8 Å². The molecule has 0 bridgehead atoms. The van der Waals surface area contributed by atoms with E-state index in [1.807, 2.05) is 12.1 Å². The van der Waals surface area contributed by atoms with Crippen molar-refractivity contribution in [2.24, 2.45) is 5.92 Å². The maximum Gasteiger partial charge on any atom is 0.434 e. The molecule has 2 saturated heterocycles. The van der Waals surface area contributed by atoms with Crippen molar-refractivity contribution in [1.82, 2.24) is 30.1 Å². The lowest BCUT2D eigenvalue weighted by Crippen LogP contribution is -2.51. The number of nitriles is 1. The van der Waals surface area contributed by atoms with Crippen LogP contribution >= 0.6 is 0 Å². The van der Waals surface area contributed by atoms with Crippen molar-refractivity contribution in [3.63, 3.8) is 0 Å². The zero-order chi connectivity index (χ0) is 44.3. The molecule has 15 nitrogen and oxygen atoms in total. The molecule has 15 heteroatoms. The minimum Gasteiger partial charge on any atom is -0.444 e. The van der Waals surface area contributed by atoms with Gasteiger partial charge in [-0.25, -0.2) is 9.36 Å². The number of hydrogen-bond acceptors (Lipinski definition) is 10. The van der Waals surface area contributed by atoms with Gasteiger partial charge in [-0.1, -0.05) is 44.7 Å². The van der Waals surface area contributed by atoms with Gasteiger partial charge in [0.25, 0.3) is 0 Å². The number of anilines is 1. The summed E-state index contributed by atoms with van der Waals surface area (Å²) in [6.45, 7) is 16.7. The fourth-order valence-corrected chi connectivity index (χ4v) is 9.68. The number of nitrogens with one attached hydrogen (secondary N) is 3. The Kier molecular flexibility index (Phi) is 13.1. The standard InChI is InChI=1S/C47H61N9O6/c1-7-32-26-35-36(47(5,6)42-40(41(35)57)34-14-13-31(28-48)25-38(34)51-42)27-39(32)54-22-15-30(16-23-54)11-8-9-19-53-21-17-33(29-53)50-43(58)37(52-45(59)62-46(2,3)4)12-10-20-55-24-18-49-44(55)56(60)61/h13-14,18,24-27,30,33,37,51H,7-12,15-17,19-23,29H2,1-6H3,(H,50,58)(H,52,59)/t33-,37+/m1/s1. The second-order valence-corrected chi connectivity index (χ2v) is 18.8. The molecule has 62 heavy (non-hydrogen) atoms. The maximum atomic E-state index is 14.1. The first-order valence-corrected chi connectivity index (χ1v) is 22.3. The van der Waals surface area contributed by atoms with E-state index in [1.165, 1.54) is 34.6 Å². The van der Waals surface area contributed by atoms with Crippen LogP contribution in [0.1, 0.15) is 131 Å². The van der Waals surface area contributed by atoms with Crippen molar-refractivity contribution in [3.05, 3.63) is 86.4 Å². The van der Waals surface area contributed by atoms with E-state index in [0.29, 0.717) is 17.9 Å². The molecular formula is C47H61N9O6. The Labute approximate surface area is 363 Å². The predicted molar refractivity (Wildman–Crippen MR) is 237 cm³/mol. The Morgan fingerprint density at radius 2 is 1.87 bits per heavy atom. The molecule has 0 unspecified atom stereocenters. The van der Waals surface area contributed by atoms with Crippen LogP contribution in [0.25, 0.3) is 10.9 Å². The van der Waals surface area contributed by atoms with Crippen molar-refractivity contribution in [1.29, 1.82) is 5.26 Å². The van der Waals surface area contributed by atoms with Crippen LogP contribution in [0.5, 0.6) is 0 Å². The van der Waals surface area contributed by atoms with Crippen molar-refractivity contribution in [2.75, 3.05) is 37.6 Å². The molecule has 1 aliphatic carbocycles. The van der Waals surface area contributed by atoms with Crippen LogP contribution in [0.4, 0.5) is 16.4 Å². The van der Waals surface area contributed by atoms with Crippen LogP contribution in [0.15, 0.2) is 42.7 Å². The minimum absolute atomic E-state index is 0.0352. The van der Waals surface area contributed by atoms with Gasteiger partial charge in [-0.3, -0.25) is 9.59 Å². The number of aromatic nitrogens is 3. The highest BCUT2D eigenvalue weighted by atomic mass is 16.6. The Balaban J connectivity index is 0.877. The number of unbranched alkanes of at least 4 members (excludes halogenated alkanes) is 1. The van der Waals surface area contributed by atoms with E-state index < -0.39 is 28.1 Å². The number of ether oxygens (including phenoxy) is 1. The number of imidazole rings is 1. The summed E-state index contributed by atoms with van der Waals surface area (Å²) >= 11 is 0. The van der Waals surface area contributed by atoms with Crippen LogP contribution in [-0.2, 0) is 27.9 Å². The topological polar surface area (TPSA) is 192 Å². The summed E-state index contributed by atoms with van der Waals surface area (Å²) in [6, 6.07) is 11.3. The lowest BCUT2D eigenvalue weighted by Gasteiger charge is -2.38. The number of benzene rings is 2. The van der Waals surface area contributed by atoms with Crippen LogP contribution in [0.3, 0.4) is 0 Å². The molecule has 0 radical (unpaired) electrons. The predicted octanol–water partition coefficient (Wildman–Crippen LogP) is 7.53. The van der Waals surface area contributed by atoms with E-state index in [2.05, 4.69) is 69.4 Å². The van der Waals surface area contributed by atoms with Crippen molar-refractivity contribution in [2.45, 2.75) is 129 Å². The molecule has 0 spiro atoms. The number of H-pyrrole nitrogens is 1. The van der Waals surface area contributed by atoms with Gasteiger partial charge in [0.15, 0.2) is 5.78 Å². The molecule has 2 amide bonds. The number of aromatic amines is 1. The molecule has 0 saturated carbocycles. The number of piperidine rings is 1. The number of aryl methyl sites for hydroxylation is 2. The number of nitro groups is 1. The SMILES string of the molecule is CCc1cc2c(cc1N1CCC(CCCCN3CC[C@@H](NC(=O)[C@H](CCCn4ccnc4[N+](=O)[O-])NC(=O)OC(C)(C)C)C3)CC1)C(C)(C)c1[nH]c3cc(C#N)ccc3c1C2=O. The van der Waals surface area contributed by atoms with Gasteiger partial charge < -0.3 is 40.3 Å². The van der Waals surface area contributed by atoms with Gasteiger partial charge in [-0.15, -0.1) is 0 Å². The minimum atomic E-state index is -0.848. The summed E-state index contributed by atoms with van der Waals surface area (Å²) < 4.78 is 6.86. The Morgan fingerprint density at radius 3 is 2.58 bits per heavy atom. The Bertz CT molecular complexity index is 2360. The van der Waals surface area contributed by atoms with E-state index in [1.54, 1.807) is 26.8 Å². The fourth-order valence-electron chi connectivity index (χ4n) is 9.68. The first-order valence-electron chi connectivity index (χ1n) is 22.3. The number of rotatable bonds is 15. The van der Waals surface area contributed by atoms with Crippen LogP contribution in [-0.4, -0.2) is 92.6 Å². The lowest BCUT2D eigenvalue weighted by molar-refractivity contribution is -0.396.